The second-order valence-electron chi connectivity index (χ2n) is 6.98. The van der Waals surface area contributed by atoms with Crippen LogP contribution in [0.4, 0.5) is 0 Å². The lowest BCUT2D eigenvalue weighted by Crippen LogP contribution is -2.28. The molecule has 1 atom stereocenters. The maximum absolute atomic E-state index is 12.6. The number of esters is 1. The Labute approximate surface area is 171 Å². The van der Waals surface area contributed by atoms with Crippen molar-refractivity contribution in [2.75, 3.05) is 26.2 Å². The summed E-state index contributed by atoms with van der Waals surface area (Å²) in [6.45, 7) is 9.11. The Balaban J connectivity index is 1.70. The monoisotopic (exact) mass is 397 g/mol. The van der Waals surface area contributed by atoms with Crippen molar-refractivity contribution >= 4 is 23.5 Å². The second kappa shape index (κ2) is 9.39. The quantitative estimate of drug-likeness (QED) is 0.641. The Kier molecular flexibility index (Phi) is 6.92. The molecule has 1 aliphatic rings. The molecule has 0 radical (unpaired) electrons. The van der Waals surface area contributed by atoms with Crippen molar-refractivity contribution in [2.45, 2.75) is 42.9 Å². The van der Waals surface area contributed by atoms with Crippen LogP contribution in [0.25, 0.3) is 0 Å². The molecule has 0 spiro atoms. The summed E-state index contributed by atoms with van der Waals surface area (Å²) in [4.78, 5) is 29.4. The predicted octanol–water partition coefficient (Wildman–Crippen LogP) is 4.57. The van der Waals surface area contributed by atoms with E-state index in [1.54, 1.807) is 11.8 Å². The lowest BCUT2D eigenvalue weighted by molar-refractivity contribution is -0.145. The summed E-state index contributed by atoms with van der Waals surface area (Å²) in [5.41, 5.74) is 2.64. The van der Waals surface area contributed by atoms with Crippen LogP contribution in [0.15, 0.2) is 52.3 Å². The number of nitrogens with zero attached hydrogens (tertiary/aromatic N) is 1. The minimum Gasteiger partial charge on any atom is -0.464 e. The van der Waals surface area contributed by atoms with E-state index in [0.717, 1.165) is 46.1 Å². The zero-order valence-corrected chi connectivity index (χ0v) is 17.6. The van der Waals surface area contributed by atoms with Crippen LogP contribution in [-0.4, -0.2) is 42.9 Å². The highest BCUT2D eigenvalue weighted by Gasteiger charge is 2.23. The Bertz CT molecular complexity index is 861. The van der Waals surface area contributed by atoms with Crippen LogP contribution in [0.2, 0.25) is 0 Å². The lowest BCUT2D eigenvalue weighted by atomic mass is 9.96. The Morgan fingerprint density at radius 2 is 1.89 bits per heavy atom. The summed E-state index contributed by atoms with van der Waals surface area (Å²) >= 11 is 1.62. The molecule has 0 saturated carbocycles. The highest BCUT2D eigenvalue weighted by molar-refractivity contribution is 7.99. The first-order chi connectivity index (χ1) is 13.5. The Morgan fingerprint density at radius 1 is 1.14 bits per heavy atom. The molecule has 1 heterocycles. The maximum Gasteiger partial charge on any atom is 0.313 e. The van der Waals surface area contributed by atoms with E-state index in [-0.39, 0.29) is 17.7 Å². The van der Waals surface area contributed by atoms with Crippen molar-refractivity contribution in [1.82, 2.24) is 4.90 Å². The van der Waals surface area contributed by atoms with Crippen LogP contribution < -0.4 is 0 Å². The van der Waals surface area contributed by atoms with Gasteiger partial charge in [0.2, 0.25) is 0 Å². The summed E-state index contributed by atoms with van der Waals surface area (Å²) in [5.74, 6) is -0.454. The SMILES string of the molecule is CCN(CC)CCOC(=O)C(C)c1ccc2c(c1)CC(=O)c1ccccc1S2. The summed E-state index contributed by atoms with van der Waals surface area (Å²) in [5, 5.41) is 0. The van der Waals surface area contributed by atoms with Gasteiger partial charge in [-0.25, -0.2) is 0 Å². The van der Waals surface area contributed by atoms with Crippen LogP contribution in [0, 0.1) is 0 Å². The van der Waals surface area contributed by atoms with Crippen LogP contribution in [0.1, 0.15) is 48.2 Å². The highest BCUT2D eigenvalue weighted by atomic mass is 32.2. The average molecular weight is 398 g/mol. The normalized spacial score (nSPS) is 14.2. The van der Waals surface area contributed by atoms with Crippen molar-refractivity contribution in [1.29, 1.82) is 0 Å². The zero-order valence-electron chi connectivity index (χ0n) is 16.7. The number of Topliss-reactive ketones (excluding diaryl/α,β-unsaturated/α-hetero) is 1. The van der Waals surface area contributed by atoms with Gasteiger partial charge in [-0.1, -0.05) is 55.9 Å². The lowest BCUT2D eigenvalue weighted by Gasteiger charge is -2.19. The average Bonchev–Trinajstić information content (AvgIpc) is 2.85. The largest absolute Gasteiger partial charge is 0.464 e. The van der Waals surface area contributed by atoms with Gasteiger partial charge in [0.25, 0.3) is 0 Å². The number of hydrogen-bond acceptors (Lipinski definition) is 5. The van der Waals surface area contributed by atoms with E-state index in [9.17, 15) is 9.59 Å². The van der Waals surface area contributed by atoms with Gasteiger partial charge in [-0.2, -0.15) is 0 Å². The fraction of sp³-hybridized carbons (Fsp3) is 0.391. The number of hydrogen-bond donors (Lipinski definition) is 0. The number of ketones is 1. The minimum absolute atomic E-state index is 0.119. The summed E-state index contributed by atoms with van der Waals surface area (Å²) in [6, 6.07) is 13.7. The molecule has 3 rings (SSSR count). The van der Waals surface area contributed by atoms with Gasteiger partial charge < -0.3 is 9.64 Å². The Hall–Kier alpha value is -2.11. The van der Waals surface area contributed by atoms with Gasteiger partial charge in [-0.15, -0.1) is 0 Å². The van der Waals surface area contributed by atoms with E-state index in [4.69, 9.17) is 4.74 Å². The molecule has 5 heteroatoms. The number of likely N-dealkylation sites (N-methyl/N-ethyl adjacent to an activating group) is 1. The van der Waals surface area contributed by atoms with Crippen molar-refractivity contribution in [3.63, 3.8) is 0 Å². The van der Waals surface area contributed by atoms with Crippen LogP contribution >= 0.6 is 11.8 Å². The molecule has 2 aromatic carbocycles. The standard InChI is InChI=1S/C23H27NO3S/c1-4-24(5-2)12-13-27-23(26)16(3)17-10-11-21-18(14-17)15-20(25)19-8-6-7-9-22(19)28-21/h6-11,14,16H,4-5,12-13,15H2,1-3H3. The molecule has 0 fully saturated rings. The fourth-order valence-electron chi connectivity index (χ4n) is 3.36. The Morgan fingerprint density at radius 3 is 2.64 bits per heavy atom. The first-order valence-corrected chi connectivity index (χ1v) is 10.7. The van der Waals surface area contributed by atoms with Gasteiger partial charge in [-0.05, 0) is 43.3 Å². The molecule has 0 amide bonds. The fourth-order valence-corrected chi connectivity index (χ4v) is 4.43. The summed E-state index contributed by atoms with van der Waals surface area (Å²) < 4.78 is 5.48. The van der Waals surface area contributed by atoms with E-state index in [1.807, 2.05) is 49.4 Å². The van der Waals surface area contributed by atoms with Crippen LogP contribution in [0.5, 0.6) is 0 Å². The molecule has 2 aromatic rings. The number of fused-ring (bicyclic) bond motifs is 2. The minimum atomic E-state index is -0.354. The number of carbonyl (C=O) groups is 2. The van der Waals surface area contributed by atoms with Crippen molar-refractivity contribution in [3.8, 4) is 0 Å². The molecule has 0 aromatic heterocycles. The number of ether oxygens (including phenoxy) is 1. The van der Waals surface area contributed by atoms with Crippen molar-refractivity contribution in [3.05, 3.63) is 59.2 Å². The molecular weight excluding hydrogens is 370 g/mol. The van der Waals surface area contributed by atoms with Crippen molar-refractivity contribution in [2.24, 2.45) is 0 Å². The van der Waals surface area contributed by atoms with Crippen LogP contribution in [0.3, 0.4) is 0 Å². The first kappa shape index (κ1) is 20.6. The van der Waals surface area contributed by atoms with Gasteiger partial charge >= 0.3 is 5.97 Å². The zero-order chi connectivity index (χ0) is 20.1. The van der Waals surface area contributed by atoms with Crippen molar-refractivity contribution < 1.29 is 14.3 Å². The third kappa shape index (κ3) is 4.65. The number of benzene rings is 2. The molecule has 0 N–H and O–H groups in total. The van der Waals surface area contributed by atoms with Gasteiger partial charge in [0, 0.05) is 28.3 Å². The van der Waals surface area contributed by atoms with Gasteiger partial charge in [0.05, 0.1) is 5.92 Å². The van der Waals surface area contributed by atoms with E-state index in [1.165, 1.54) is 0 Å². The molecule has 4 nitrogen and oxygen atoms in total. The highest BCUT2D eigenvalue weighted by Crippen LogP contribution is 2.38. The van der Waals surface area contributed by atoms with E-state index in [0.29, 0.717) is 13.0 Å². The topological polar surface area (TPSA) is 46.6 Å². The molecule has 0 aliphatic carbocycles. The van der Waals surface area contributed by atoms with Gasteiger partial charge in [0.1, 0.15) is 6.61 Å². The van der Waals surface area contributed by atoms with E-state index >= 15 is 0 Å². The molecule has 1 unspecified atom stereocenters. The molecular formula is C23H27NO3S. The molecule has 28 heavy (non-hydrogen) atoms. The maximum atomic E-state index is 12.6. The van der Waals surface area contributed by atoms with Crippen LogP contribution in [-0.2, 0) is 16.0 Å². The van der Waals surface area contributed by atoms with E-state index < -0.39 is 0 Å². The predicted molar refractivity (Wildman–Crippen MR) is 112 cm³/mol. The molecule has 0 saturated heterocycles. The third-order valence-corrected chi connectivity index (χ3v) is 6.44. The molecule has 148 valence electrons. The molecule has 0 bridgehead atoms. The smallest absolute Gasteiger partial charge is 0.313 e. The molecule has 1 aliphatic heterocycles. The second-order valence-corrected chi connectivity index (χ2v) is 8.07. The van der Waals surface area contributed by atoms with Gasteiger partial charge in [-0.3, -0.25) is 9.59 Å². The summed E-state index contributed by atoms with van der Waals surface area (Å²) in [7, 11) is 0. The number of carbonyl (C=O) groups excluding carboxylic acids is 2. The third-order valence-electron chi connectivity index (χ3n) is 5.24. The summed E-state index contributed by atoms with van der Waals surface area (Å²) in [6.07, 6.45) is 0.358. The first-order valence-electron chi connectivity index (χ1n) is 9.85. The van der Waals surface area contributed by atoms with E-state index in [2.05, 4.69) is 18.7 Å². The van der Waals surface area contributed by atoms with Gasteiger partial charge in [0.15, 0.2) is 5.78 Å². The number of rotatable bonds is 7.